The van der Waals surface area contributed by atoms with Crippen LogP contribution in [0.1, 0.15) is 128 Å². The summed E-state index contributed by atoms with van der Waals surface area (Å²) < 4.78 is 5.28. The van der Waals surface area contributed by atoms with Crippen molar-refractivity contribution in [2.45, 2.75) is 215 Å². The Bertz CT molecular complexity index is 5100. The molecule has 2 heterocycles. The van der Waals surface area contributed by atoms with E-state index < -0.39 is 279 Å². The van der Waals surface area contributed by atoms with Gasteiger partial charge < -0.3 is 155 Å². The van der Waals surface area contributed by atoms with Crippen LogP contribution in [0.2, 0.25) is 0 Å². The van der Waals surface area contributed by atoms with Crippen LogP contribution in [0.4, 0.5) is 0 Å². The summed E-state index contributed by atoms with van der Waals surface area (Å²) in [7, 11) is 0. The predicted octanol–water partition coefficient (Wildman–Crippen LogP) is -8.21. The largest absolute Gasteiger partial charge is 0.508 e. The van der Waals surface area contributed by atoms with E-state index in [0.717, 1.165) is 13.8 Å². The van der Waals surface area contributed by atoms with E-state index in [1.807, 2.05) is 0 Å². The highest BCUT2D eigenvalue weighted by Gasteiger charge is 2.39. The number of nitrogens with two attached hydrogens (primary N) is 7. The molecule has 0 bridgehead atoms. The van der Waals surface area contributed by atoms with Gasteiger partial charge in [0.2, 0.25) is 112 Å². The molecular weight excluding hydrogens is 1850 g/mol. The minimum absolute atomic E-state index is 0.00791. The number of aromatic amines is 2. The number of H-pyrrole nitrogens is 2. The van der Waals surface area contributed by atoms with Gasteiger partial charge in [0.15, 0.2) is 11.9 Å². The molecule has 0 radical (unpaired) electrons. The molecule has 139 heavy (non-hydrogen) atoms. The number of unbranched alkanes of at least 4 members (excludes halogenated alkanes) is 1. The molecule has 0 spiro atoms. The van der Waals surface area contributed by atoms with Crippen molar-refractivity contribution in [2.75, 3.05) is 57.4 Å². The maximum atomic E-state index is 15.4. The van der Waals surface area contributed by atoms with E-state index in [2.05, 4.69) is 126 Å². The Hall–Kier alpha value is -14.4. The maximum Gasteiger partial charge on any atom is 0.246 e. The molecule has 0 saturated carbocycles. The predicted molar refractivity (Wildman–Crippen MR) is 513 cm³/mol. The van der Waals surface area contributed by atoms with E-state index >= 15 is 14.4 Å². The van der Waals surface area contributed by atoms with Crippen molar-refractivity contribution in [3.05, 3.63) is 102 Å². The summed E-state index contributed by atoms with van der Waals surface area (Å²) in [5, 5.41) is 81.1. The van der Waals surface area contributed by atoms with Gasteiger partial charge in [-0.1, -0.05) is 62.4 Å². The summed E-state index contributed by atoms with van der Waals surface area (Å²) in [6.07, 6.45) is -2.05. The minimum Gasteiger partial charge on any atom is -0.508 e. The fourth-order valence-electron chi connectivity index (χ4n) is 14.2. The lowest BCUT2D eigenvalue weighted by Gasteiger charge is -2.29. The van der Waals surface area contributed by atoms with Crippen molar-refractivity contribution >= 4 is 171 Å². The number of aliphatic hydroxyl groups is 1. The van der Waals surface area contributed by atoms with Crippen molar-refractivity contribution in [1.82, 2.24) is 100 Å². The number of carbonyl (C=O) groups is 19. The number of phenolic OH excluding ortho intramolecular Hbond substituents is 1. The van der Waals surface area contributed by atoms with Crippen LogP contribution >= 0.6 is 25.3 Å². The van der Waals surface area contributed by atoms with E-state index in [4.69, 9.17) is 55.7 Å². The van der Waals surface area contributed by atoms with E-state index in [1.54, 1.807) is 54.7 Å². The highest BCUT2D eigenvalue weighted by atomic mass is 32.1. The fraction of sp³-hybridized carbons (Fsp3) is 0.506. The van der Waals surface area contributed by atoms with Crippen LogP contribution in [0.25, 0.3) is 21.8 Å². The van der Waals surface area contributed by atoms with Gasteiger partial charge in [-0.25, -0.2) is 0 Å². The summed E-state index contributed by atoms with van der Waals surface area (Å²) in [5.41, 5.74) is 40.9. The van der Waals surface area contributed by atoms with Gasteiger partial charge in [0, 0.05) is 117 Å². The van der Waals surface area contributed by atoms with Gasteiger partial charge >= 0.3 is 0 Å². The van der Waals surface area contributed by atoms with Gasteiger partial charge in [-0.3, -0.25) is 102 Å². The number of hydrogen-bond acceptors (Lipinski definition) is 27. The lowest BCUT2D eigenvalue weighted by molar-refractivity contribution is -0.137. The van der Waals surface area contributed by atoms with E-state index in [0.29, 0.717) is 57.9 Å². The third kappa shape index (κ3) is 41.6. The van der Waals surface area contributed by atoms with E-state index in [1.165, 1.54) is 44.3 Å². The van der Waals surface area contributed by atoms with Gasteiger partial charge in [0.05, 0.1) is 25.7 Å². The molecule has 50 nitrogen and oxygen atoms in total. The second-order valence-electron chi connectivity index (χ2n) is 33.1. The highest BCUT2D eigenvalue weighted by molar-refractivity contribution is 7.80. The molecule has 3 aromatic carbocycles. The lowest BCUT2D eigenvalue weighted by Crippen LogP contribution is -2.62. The zero-order chi connectivity index (χ0) is 103. The van der Waals surface area contributed by atoms with Crippen molar-refractivity contribution in [3.63, 3.8) is 0 Å². The summed E-state index contributed by atoms with van der Waals surface area (Å²) in [6.45, 7) is 4.14. The number of nitrogens with one attached hydrogen (secondary N) is 21. The third-order valence-corrected chi connectivity index (χ3v) is 22.2. The summed E-state index contributed by atoms with van der Waals surface area (Å²) >= 11 is 8.49. The summed E-state index contributed by atoms with van der Waals surface area (Å²) in [5.74, 6) is -20.9. The van der Waals surface area contributed by atoms with Crippen LogP contribution < -0.4 is 131 Å². The average molecular weight is 1980 g/mol. The standard InChI is InChI=1S/C87H130N28O22S2/c1-44(2)72(84(135)112-63(37-68(91)121)75(126)102-40-70(123)97-31-32-137-41-71(124)105-56(74(92)125)18-9-10-28-88)114-69(122)36-50(13-11-29-98-86(93)94)104-76(127)57(19-12-30-99-87(95)96)106-80(131)61(34-48-38-100-54-16-7-5-14-52(48)54)110-79(130)60(33-47-20-22-51(118)23-21-47)109-83(134)65(43-139)113-77(128)58(24-26-66(89)119)107-81(132)62(35-49-39-101-55-17-8-6-15-53(49)55)111-85(136)73(45(3)116)115-78(129)59(25-27-67(90)120)108-82(133)64(42-138)103-46(4)117/h5-8,14-17,20-23,38-39,44-45,50,56-65,72-73,100-101,116,118,138-139H,9-13,18-19,24-37,40-43,88H2,1-4H3,(H2,89,119)(H2,90,120)(H2,91,121)(H2,92,125)(H,97,123)(H,102,126)(H,103,117)(H,104,127)(H,105,124)(H,106,131)(H,107,132)(H,108,133)(H,109,134)(H,110,130)(H,111,136)(H,112,135)(H,113,128)(H,114,122)(H,115,129)(H4,93,94,98)(H4,95,96,99)/t45-,50+,56-,57+,58+,59+,60+,61+,62+,63+,64+,65+,72+,73+/m1/s1. The first-order valence-corrected chi connectivity index (χ1v) is 46.0. The fourth-order valence-corrected chi connectivity index (χ4v) is 14.7. The Morgan fingerprint density at radius 2 is 0.849 bits per heavy atom. The molecule has 0 aliphatic carbocycles. The van der Waals surface area contributed by atoms with Crippen molar-refractivity contribution in [1.29, 1.82) is 10.8 Å². The minimum atomic E-state index is -1.94. The molecule has 5 aromatic rings. The van der Waals surface area contributed by atoms with Crippen LogP contribution in [0.5, 0.6) is 5.75 Å². The maximum absolute atomic E-state index is 15.4. The van der Waals surface area contributed by atoms with Gasteiger partial charge in [-0.05, 0) is 118 Å². The number of phenols is 1. The SMILES string of the molecule is CC(=O)N[C@@H](CS)C(=O)N[C@@H](CCC(N)=O)C(=O)N[C@H](C(=O)N[C@@H](Cc1c[nH]c2ccccc12)C(=O)N[C@@H](CCC(N)=O)C(=O)N[C@@H](CS)C(=O)N[C@@H](Cc1ccc(O)cc1)C(=O)N[C@@H](Cc1c[nH]c2ccccc12)C(=O)N[C@@H](CCCNC(=N)N)C(=O)N[C@@H](CCCNC(=N)N)CC(=O)N[C@H](C(=O)N[C@@H](CC(N)=O)C(=O)NCC(=O)NCCOCC(=O)N[C@H](CCCCN)C(N)=O)C(C)C)[C@@H](C)O. The van der Waals surface area contributed by atoms with Crippen molar-refractivity contribution in [2.24, 2.45) is 46.1 Å². The topological polar surface area (TPSA) is 840 Å². The number of benzene rings is 3. The first-order valence-electron chi connectivity index (χ1n) is 44.7. The number of thiol groups is 2. The number of fused-ring (bicyclic) bond motifs is 2. The molecule has 0 unspecified atom stereocenters. The molecule has 19 amide bonds. The molecule has 0 aliphatic heterocycles. The highest BCUT2D eigenvalue weighted by Crippen LogP contribution is 2.23. The number of aromatic hydroxyl groups is 1. The van der Waals surface area contributed by atoms with Crippen LogP contribution in [0.15, 0.2) is 85.2 Å². The van der Waals surface area contributed by atoms with E-state index in [9.17, 15) is 86.9 Å². The Balaban J connectivity index is 1.43. The quantitative estimate of drug-likeness (QED) is 0.00744. The molecule has 762 valence electrons. The summed E-state index contributed by atoms with van der Waals surface area (Å²) in [6, 6.07) is -1.38. The zero-order valence-corrected chi connectivity index (χ0v) is 79.2. The average Bonchev–Trinajstić information content (AvgIpc) is 1.68. The number of aromatic nitrogens is 2. The second kappa shape index (κ2) is 59.6. The molecule has 0 fully saturated rings. The van der Waals surface area contributed by atoms with Crippen LogP contribution in [0, 0.1) is 16.7 Å². The molecule has 52 heteroatoms. The van der Waals surface area contributed by atoms with Crippen LogP contribution in [0.3, 0.4) is 0 Å². The monoisotopic (exact) mass is 1980 g/mol. The van der Waals surface area contributed by atoms with Crippen LogP contribution in [-0.2, 0) is 115 Å². The molecule has 37 N–H and O–H groups in total. The molecular formula is C87H130N28O22S2. The zero-order valence-electron chi connectivity index (χ0n) is 77.4. The van der Waals surface area contributed by atoms with Gasteiger partial charge in [-0.15, -0.1) is 0 Å². The number of primary amides is 4. The number of guanidine groups is 2. The molecule has 5 rings (SSSR count). The number of rotatable bonds is 64. The Labute approximate surface area is 810 Å². The molecule has 0 aliphatic rings. The van der Waals surface area contributed by atoms with Gasteiger partial charge in [0.25, 0.3) is 0 Å². The molecule has 0 saturated heterocycles. The first-order chi connectivity index (χ1) is 65.9. The Morgan fingerprint density at radius 1 is 0.410 bits per heavy atom. The molecule has 2 aromatic heterocycles. The number of para-hydroxylation sites is 2. The lowest BCUT2D eigenvalue weighted by atomic mass is 10.00. The normalized spacial score (nSPS) is 14.1. The molecule has 14 atom stereocenters. The number of amides is 19. The van der Waals surface area contributed by atoms with Crippen molar-refractivity contribution < 1.29 is 106 Å². The smallest absolute Gasteiger partial charge is 0.246 e. The Morgan fingerprint density at radius 3 is 1.33 bits per heavy atom. The van der Waals surface area contributed by atoms with Gasteiger partial charge in [0.1, 0.15) is 84.9 Å². The number of carbonyl (C=O) groups excluding carboxylic acids is 19. The Kier molecular flexibility index (Phi) is 49.3. The number of aliphatic hydroxyl groups excluding tert-OH is 1. The second-order valence-corrected chi connectivity index (χ2v) is 33.8. The van der Waals surface area contributed by atoms with Crippen LogP contribution in [-0.4, -0.2) is 286 Å². The number of ether oxygens (including phenoxy) is 1. The van der Waals surface area contributed by atoms with Gasteiger partial charge in [-0.2, -0.15) is 25.3 Å². The van der Waals surface area contributed by atoms with E-state index in [-0.39, 0.29) is 82.7 Å². The third-order valence-electron chi connectivity index (χ3n) is 21.4. The summed E-state index contributed by atoms with van der Waals surface area (Å²) in [4.78, 5) is 267. The van der Waals surface area contributed by atoms with Crippen molar-refractivity contribution in [3.8, 4) is 5.75 Å². The first kappa shape index (κ1) is 115. The number of hydrogen-bond donors (Lipinski definition) is 32.